The number of hydrogen-bond donors (Lipinski definition) is 2. The van der Waals surface area contributed by atoms with Crippen LogP contribution in [0.1, 0.15) is 11.7 Å². The Hall–Kier alpha value is -1.84. The van der Waals surface area contributed by atoms with E-state index >= 15 is 0 Å². The number of ether oxygens (including phenoxy) is 1. The molecule has 0 saturated heterocycles. The standard InChI is InChI=1S/C14H15NO2/c15-10-14(16)11-6-8-13(9-7-11)17-12-4-2-1-3-5-12/h1-9,14,16H,10,15H2/t14-/m1/s1. The van der Waals surface area contributed by atoms with Crippen LogP contribution in [0.2, 0.25) is 0 Å². The van der Waals surface area contributed by atoms with E-state index in [1.54, 1.807) is 0 Å². The van der Waals surface area contributed by atoms with Crippen molar-refractivity contribution >= 4 is 0 Å². The van der Waals surface area contributed by atoms with E-state index in [0.717, 1.165) is 17.1 Å². The molecule has 0 bridgehead atoms. The summed E-state index contributed by atoms with van der Waals surface area (Å²) in [6.07, 6.45) is -0.610. The second-order valence-electron chi connectivity index (χ2n) is 3.74. The molecular formula is C14H15NO2. The maximum Gasteiger partial charge on any atom is 0.127 e. The van der Waals surface area contributed by atoms with Crippen LogP contribution in [0.15, 0.2) is 54.6 Å². The van der Waals surface area contributed by atoms with Gasteiger partial charge in [0.2, 0.25) is 0 Å². The summed E-state index contributed by atoms with van der Waals surface area (Å²) in [4.78, 5) is 0. The van der Waals surface area contributed by atoms with Crippen molar-refractivity contribution in [1.82, 2.24) is 0 Å². The highest BCUT2D eigenvalue weighted by atomic mass is 16.5. The number of benzene rings is 2. The Morgan fingerprint density at radius 3 is 2.12 bits per heavy atom. The minimum atomic E-state index is -0.610. The first kappa shape index (κ1) is 11.6. The Kier molecular flexibility index (Phi) is 3.75. The number of para-hydroxylation sites is 1. The minimum absolute atomic E-state index is 0.221. The quantitative estimate of drug-likeness (QED) is 0.846. The molecule has 0 heterocycles. The smallest absolute Gasteiger partial charge is 0.127 e. The van der Waals surface area contributed by atoms with Crippen LogP contribution < -0.4 is 10.5 Å². The molecule has 0 spiro atoms. The van der Waals surface area contributed by atoms with Gasteiger partial charge in [0.15, 0.2) is 0 Å². The normalized spacial score (nSPS) is 12.1. The van der Waals surface area contributed by atoms with Crippen LogP contribution >= 0.6 is 0 Å². The highest BCUT2D eigenvalue weighted by molar-refractivity contribution is 5.33. The van der Waals surface area contributed by atoms with Crippen molar-refractivity contribution in [3.05, 3.63) is 60.2 Å². The van der Waals surface area contributed by atoms with E-state index < -0.39 is 6.10 Å². The molecule has 0 aliphatic heterocycles. The van der Waals surface area contributed by atoms with Crippen LogP contribution in [0.4, 0.5) is 0 Å². The Balaban J connectivity index is 2.08. The first-order chi connectivity index (χ1) is 8.29. The summed E-state index contributed by atoms with van der Waals surface area (Å²) in [5, 5.41) is 9.54. The van der Waals surface area contributed by atoms with Crippen molar-refractivity contribution in [3.8, 4) is 11.5 Å². The van der Waals surface area contributed by atoms with Gasteiger partial charge in [-0.2, -0.15) is 0 Å². The maximum atomic E-state index is 9.54. The topological polar surface area (TPSA) is 55.5 Å². The highest BCUT2D eigenvalue weighted by Gasteiger charge is 2.04. The van der Waals surface area contributed by atoms with Crippen molar-refractivity contribution in [1.29, 1.82) is 0 Å². The van der Waals surface area contributed by atoms with Gasteiger partial charge >= 0.3 is 0 Å². The molecular weight excluding hydrogens is 214 g/mol. The third-order valence-corrected chi connectivity index (χ3v) is 2.47. The van der Waals surface area contributed by atoms with Crippen LogP contribution in [-0.2, 0) is 0 Å². The molecule has 0 aromatic heterocycles. The largest absolute Gasteiger partial charge is 0.457 e. The van der Waals surface area contributed by atoms with E-state index in [1.165, 1.54) is 0 Å². The average molecular weight is 229 g/mol. The van der Waals surface area contributed by atoms with Gasteiger partial charge in [-0.05, 0) is 29.8 Å². The van der Waals surface area contributed by atoms with E-state index in [9.17, 15) is 5.11 Å². The molecule has 0 aliphatic rings. The predicted octanol–water partition coefficient (Wildman–Crippen LogP) is 2.47. The molecule has 0 aliphatic carbocycles. The second-order valence-corrected chi connectivity index (χ2v) is 3.74. The Bertz CT molecular complexity index is 453. The monoisotopic (exact) mass is 229 g/mol. The maximum absolute atomic E-state index is 9.54. The molecule has 88 valence electrons. The molecule has 3 N–H and O–H groups in total. The van der Waals surface area contributed by atoms with Gasteiger partial charge in [-0.1, -0.05) is 30.3 Å². The molecule has 0 saturated carbocycles. The molecule has 0 fully saturated rings. The van der Waals surface area contributed by atoms with Gasteiger partial charge in [0.25, 0.3) is 0 Å². The van der Waals surface area contributed by atoms with E-state index in [-0.39, 0.29) is 6.54 Å². The Morgan fingerprint density at radius 2 is 1.53 bits per heavy atom. The Labute approximate surface area is 100 Å². The van der Waals surface area contributed by atoms with Crippen molar-refractivity contribution in [3.63, 3.8) is 0 Å². The van der Waals surface area contributed by atoms with Crippen LogP contribution in [0.5, 0.6) is 11.5 Å². The fraction of sp³-hybridized carbons (Fsp3) is 0.143. The number of aliphatic hydroxyl groups excluding tert-OH is 1. The summed E-state index contributed by atoms with van der Waals surface area (Å²) in [5.41, 5.74) is 6.18. The van der Waals surface area contributed by atoms with Crippen LogP contribution in [-0.4, -0.2) is 11.7 Å². The van der Waals surface area contributed by atoms with Crippen molar-refractivity contribution in [2.75, 3.05) is 6.54 Å². The fourth-order valence-electron chi connectivity index (χ4n) is 1.52. The van der Waals surface area contributed by atoms with Gasteiger partial charge in [-0.15, -0.1) is 0 Å². The van der Waals surface area contributed by atoms with Gasteiger partial charge in [0.05, 0.1) is 6.10 Å². The third-order valence-electron chi connectivity index (χ3n) is 2.47. The molecule has 2 rings (SSSR count). The second kappa shape index (κ2) is 5.48. The first-order valence-corrected chi connectivity index (χ1v) is 5.50. The average Bonchev–Trinajstić information content (AvgIpc) is 2.40. The van der Waals surface area contributed by atoms with Gasteiger partial charge in [0.1, 0.15) is 11.5 Å². The van der Waals surface area contributed by atoms with Crippen molar-refractivity contribution in [2.24, 2.45) is 5.73 Å². The van der Waals surface area contributed by atoms with Gasteiger partial charge in [-0.25, -0.2) is 0 Å². The van der Waals surface area contributed by atoms with E-state index in [0.29, 0.717) is 0 Å². The number of rotatable bonds is 4. The number of aliphatic hydroxyl groups is 1. The lowest BCUT2D eigenvalue weighted by atomic mass is 10.1. The van der Waals surface area contributed by atoms with Crippen molar-refractivity contribution in [2.45, 2.75) is 6.10 Å². The van der Waals surface area contributed by atoms with E-state index in [1.807, 2.05) is 54.6 Å². The zero-order valence-electron chi connectivity index (χ0n) is 9.41. The number of hydrogen-bond acceptors (Lipinski definition) is 3. The molecule has 0 radical (unpaired) electrons. The predicted molar refractivity (Wildman–Crippen MR) is 67.0 cm³/mol. The summed E-state index contributed by atoms with van der Waals surface area (Å²) in [7, 11) is 0. The lowest BCUT2D eigenvalue weighted by Crippen LogP contribution is -2.11. The SMILES string of the molecule is NC[C@@H](O)c1ccc(Oc2ccccc2)cc1. The third kappa shape index (κ3) is 3.06. The van der Waals surface area contributed by atoms with Gasteiger partial charge in [-0.3, -0.25) is 0 Å². The molecule has 2 aromatic carbocycles. The molecule has 3 heteroatoms. The molecule has 17 heavy (non-hydrogen) atoms. The molecule has 2 aromatic rings. The lowest BCUT2D eigenvalue weighted by molar-refractivity contribution is 0.186. The molecule has 0 unspecified atom stereocenters. The summed E-state index contributed by atoms with van der Waals surface area (Å²) in [5.74, 6) is 1.53. The summed E-state index contributed by atoms with van der Waals surface area (Å²) in [6, 6.07) is 16.8. The number of nitrogens with two attached hydrogens (primary N) is 1. The first-order valence-electron chi connectivity index (χ1n) is 5.50. The van der Waals surface area contributed by atoms with Crippen molar-refractivity contribution < 1.29 is 9.84 Å². The molecule has 0 amide bonds. The van der Waals surface area contributed by atoms with Gasteiger partial charge < -0.3 is 15.6 Å². The zero-order chi connectivity index (χ0) is 12.1. The lowest BCUT2D eigenvalue weighted by Gasteiger charge is -2.09. The Morgan fingerprint density at radius 1 is 0.941 bits per heavy atom. The zero-order valence-corrected chi connectivity index (χ0v) is 9.41. The van der Waals surface area contributed by atoms with E-state index in [4.69, 9.17) is 10.5 Å². The fourth-order valence-corrected chi connectivity index (χ4v) is 1.52. The molecule has 3 nitrogen and oxygen atoms in total. The van der Waals surface area contributed by atoms with Crippen LogP contribution in [0.3, 0.4) is 0 Å². The summed E-state index contributed by atoms with van der Waals surface area (Å²) in [6.45, 7) is 0.221. The van der Waals surface area contributed by atoms with Gasteiger partial charge in [0, 0.05) is 6.54 Å². The van der Waals surface area contributed by atoms with Crippen LogP contribution in [0.25, 0.3) is 0 Å². The van der Waals surface area contributed by atoms with Crippen LogP contribution in [0, 0.1) is 0 Å². The molecule has 1 atom stereocenters. The van der Waals surface area contributed by atoms with E-state index in [2.05, 4.69) is 0 Å². The summed E-state index contributed by atoms with van der Waals surface area (Å²) < 4.78 is 5.63. The minimum Gasteiger partial charge on any atom is -0.457 e. The summed E-state index contributed by atoms with van der Waals surface area (Å²) >= 11 is 0. The highest BCUT2D eigenvalue weighted by Crippen LogP contribution is 2.22.